The molecule has 0 aliphatic rings. The summed E-state index contributed by atoms with van der Waals surface area (Å²) in [5.74, 6) is -0.595. The summed E-state index contributed by atoms with van der Waals surface area (Å²) < 4.78 is 15.1. The number of benzene rings is 1. The zero-order valence-corrected chi connectivity index (χ0v) is 12.2. The first-order valence-electron chi connectivity index (χ1n) is 5.91. The summed E-state index contributed by atoms with van der Waals surface area (Å²) in [6.07, 6.45) is 0.891. The molecule has 0 saturated carbocycles. The standard InChI is InChI=1S/C13H14Cl2FN3/c1-3-8-4-10(19(2)18-8)7-17-9-5-11(14)13(16)12(15)6-9/h4-6,17H,3,7H2,1-2H3. The van der Waals surface area contributed by atoms with Gasteiger partial charge < -0.3 is 5.32 Å². The Hall–Kier alpha value is -1.26. The molecule has 0 unspecified atom stereocenters. The Morgan fingerprint density at radius 3 is 2.42 bits per heavy atom. The highest BCUT2D eigenvalue weighted by molar-refractivity contribution is 6.35. The van der Waals surface area contributed by atoms with E-state index in [-0.39, 0.29) is 10.0 Å². The van der Waals surface area contributed by atoms with Gasteiger partial charge >= 0.3 is 0 Å². The molecule has 0 atom stereocenters. The summed E-state index contributed by atoms with van der Waals surface area (Å²) in [6.45, 7) is 2.63. The first-order valence-corrected chi connectivity index (χ1v) is 6.67. The lowest BCUT2D eigenvalue weighted by atomic mass is 10.2. The first kappa shape index (κ1) is 14.2. The summed E-state index contributed by atoms with van der Waals surface area (Å²) in [4.78, 5) is 0. The van der Waals surface area contributed by atoms with Gasteiger partial charge in [0.05, 0.1) is 28.0 Å². The van der Waals surface area contributed by atoms with Crippen LogP contribution in [0.3, 0.4) is 0 Å². The van der Waals surface area contributed by atoms with Crippen molar-refractivity contribution < 1.29 is 4.39 Å². The number of nitrogens with one attached hydrogen (secondary N) is 1. The Kier molecular flexibility index (Phi) is 4.32. The molecule has 0 saturated heterocycles. The molecule has 1 aromatic heterocycles. The van der Waals surface area contributed by atoms with Crippen LogP contribution in [0.5, 0.6) is 0 Å². The Morgan fingerprint density at radius 2 is 1.89 bits per heavy atom. The van der Waals surface area contributed by atoms with Crippen molar-refractivity contribution in [3.63, 3.8) is 0 Å². The monoisotopic (exact) mass is 301 g/mol. The van der Waals surface area contributed by atoms with Gasteiger partial charge in [-0.25, -0.2) is 4.39 Å². The van der Waals surface area contributed by atoms with Crippen LogP contribution in [0.4, 0.5) is 10.1 Å². The first-order chi connectivity index (χ1) is 9.01. The highest BCUT2D eigenvalue weighted by atomic mass is 35.5. The topological polar surface area (TPSA) is 29.9 Å². The molecule has 1 aromatic carbocycles. The van der Waals surface area contributed by atoms with E-state index in [1.165, 1.54) is 12.1 Å². The number of aryl methyl sites for hydroxylation is 2. The molecule has 3 nitrogen and oxygen atoms in total. The molecule has 0 aliphatic carbocycles. The van der Waals surface area contributed by atoms with Gasteiger partial charge in [0.25, 0.3) is 0 Å². The average Bonchev–Trinajstić information content (AvgIpc) is 2.74. The summed E-state index contributed by atoms with van der Waals surface area (Å²) in [5, 5.41) is 7.52. The molecule has 102 valence electrons. The van der Waals surface area contributed by atoms with Crippen LogP contribution in [0.15, 0.2) is 18.2 Å². The number of rotatable bonds is 4. The number of nitrogens with zero attached hydrogens (tertiary/aromatic N) is 2. The summed E-state index contributed by atoms with van der Waals surface area (Å²) in [7, 11) is 1.89. The fraction of sp³-hybridized carbons (Fsp3) is 0.308. The molecule has 0 amide bonds. The van der Waals surface area contributed by atoms with E-state index in [0.29, 0.717) is 12.2 Å². The molecule has 6 heteroatoms. The van der Waals surface area contributed by atoms with E-state index >= 15 is 0 Å². The molecule has 2 aromatic rings. The van der Waals surface area contributed by atoms with E-state index in [1.54, 1.807) is 0 Å². The zero-order valence-electron chi connectivity index (χ0n) is 10.7. The number of anilines is 1. The van der Waals surface area contributed by atoms with Crippen LogP contribution < -0.4 is 5.32 Å². The minimum absolute atomic E-state index is 0.00857. The fourth-order valence-corrected chi connectivity index (χ4v) is 2.25. The van der Waals surface area contributed by atoms with Gasteiger partial charge in [0.1, 0.15) is 0 Å². The molecular formula is C13H14Cl2FN3. The zero-order chi connectivity index (χ0) is 14.0. The minimum atomic E-state index is -0.595. The molecule has 0 radical (unpaired) electrons. The minimum Gasteiger partial charge on any atom is -0.379 e. The predicted octanol–water partition coefficient (Wildman–Crippen LogP) is 4.04. The van der Waals surface area contributed by atoms with Gasteiger partial charge in [0.15, 0.2) is 5.82 Å². The van der Waals surface area contributed by atoms with E-state index in [2.05, 4.69) is 17.3 Å². The Morgan fingerprint density at radius 1 is 1.26 bits per heavy atom. The van der Waals surface area contributed by atoms with Crippen LogP contribution in [0.25, 0.3) is 0 Å². The molecule has 0 aliphatic heterocycles. The van der Waals surface area contributed by atoms with Gasteiger partial charge in [-0.15, -0.1) is 0 Å². The highest BCUT2D eigenvalue weighted by Gasteiger charge is 2.08. The lowest BCUT2D eigenvalue weighted by Crippen LogP contribution is -2.05. The third-order valence-electron chi connectivity index (χ3n) is 2.85. The van der Waals surface area contributed by atoms with Crippen molar-refractivity contribution in [1.82, 2.24) is 9.78 Å². The predicted molar refractivity (Wildman–Crippen MR) is 76.3 cm³/mol. The number of hydrogen-bond donors (Lipinski definition) is 1. The highest BCUT2D eigenvalue weighted by Crippen LogP contribution is 2.27. The van der Waals surface area contributed by atoms with Gasteiger partial charge in [-0.05, 0) is 24.6 Å². The van der Waals surface area contributed by atoms with Crippen LogP contribution in [-0.2, 0) is 20.0 Å². The molecule has 0 fully saturated rings. The van der Waals surface area contributed by atoms with Gasteiger partial charge in [0.2, 0.25) is 0 Å². The SMILES string of the molecule is CCc1cc(CNc2cc(Cl)c(F)c(Cl)c2)n(C)n1. The summed E-state index contributed by atoms with van der Waals surface area (Å²) >= 11 is 11.5. The van der Waals surface area contributed by atoms with Crippen molar-refractivity contribution in [2.45, 2.75) is 19.9 Å². The van der Waals surface area contributed by atoms with Crippen LogP contribution in [-0.4, -0.2) is 9.78 Å². The smallest absolute Gasteiger partial charge is 0.160 e. The lowest BCUT2D eigenvalue weighted by Gasteiger charge is -2.08. The van der Waals surface area contributed by atoms with Crippen molar-refractivity contribution >= 4 is 28.9 Å². The van der Waals surface area contributed by atoms with Crippen molar-refractivity contribution in [3.05, 3.63) is 45.4 Å². The van der Waals surface area contributed by atoms with Crippen LogP contribution in [0, 0.1) is 5.82 Å². The van der Waals surface area contributed by atoms with Crippen LogP contribution in [0.1, 0.15) is 18.3 Å². The van der Waals surface area contributed by atoms with Gasteiger partial charge in [0, 0.05) is 12.7 Å². The third-order valence-corrected chi connectivity index (χ3v) is 3.40. The molecule has 0 bridgehead atoms. The van der Waals surface area contributed by atoms with Crippen LogP contribution >= 0.6 is 23.2 Å². The molecule has 1 heterocycles. The molecule has 19 heavy (non-hydrogen) atoms. The maximum atomic E-state index is 13.3. The van der Waals surface area contributed by atoms with Crippen molar-refractivity contribution in [2.75, 3.05) is 5.32 Å². The molecule has 0 spiro atoms. The van der Waals surface area contributed by atoms with E-state index in [1.807, 2.05) is 17.8 Å². The second-order valence-corrected chi connectivity index (χ2v) is 5.03. The Bertz CT molecular complexity index is 573. The Labute approximate surface area is 121 Å². The fourth-order valence-electron chi connectivity index (χ4n) is 1.76. The largest absolute Gasteiger partial charge is 0.379 e. The number of aromatic nitrogens is 2. The number of hydrogen-bond acceptors (Lipinski definition) is 2. The summed E-state index contributed by atoms with van der Waals surface area (Å²) in [5.41, 5.74) is 2.75. The van der Waals surface area contributed by atoms with Gasteiger partial charge in [-0.1, -0.05) is 30.1 Å². The maximum Gasteiger partial charge on any atom is 0.160 e. The second-order valence-electron chi connectivity index (χ2n) is 4.21. The molecule has 2 rings (SSSR count). The van der Waals surface area contributed by atoms with E-state index in [4.69, 9.17) is 23.2 Å². The van der Waals surface area contributed by atoms with Crippen LogP contribution in [0.2, 0.25) is 10.0 Å². The molecule has 1 N–H and O–H groups in total. The van der Waals surface area contributed by atoms with Gasteiger partial charge in [-0.3, -0.25) is 4.68 Å². The Balaban J connectivity index is 2.12. The van der Waals surface area contributed by atoms with Crippen molar-refractivity contribution in [3.8, 4) is 0 Å². The molecular weight excluding hydrogens is 288 g/mol. The van der Waals surface area contributed by atoms with E-state index in [9.17, 15) is 4.39 Å². The van der Waals surface area contributed by atoms with Gasteiger partial charge in [-0.2, -0.15) is 5.10 Å². The average molecular weight is 302 g/mol. The lowest BCUT2D eigenvalue weighted by molar-refractivity contribution is 0.629. The van der Waals surface area contributed by atoms with E-state index < -0.39 is 5.82 Å². The summed E-state index contributed by atoms with van der Waals surface area (Å²) in [6, 6.07) is 5.06. The van der Waals surface area contributed by atoms with Crippen molar-refractivity contribution in [1.29, 1.82) is 0 Å². The quantitative estimate of drug-likeness (QED) is 0.864. The normalized spacial score (nSPS) is 10.8. The van der Waals surface area contributed by atoms with Crippen molar-refractivity contribution in [2.24, 2.45) is 7.05 Å². The number of halogens is 3. The third kappa shape index (κ3) is 3.19. The maximum absolute atomic E-state index is 13.3. The second kappa shape index (κ2) is 5.80. The van der Waals surface area contributed by atoms with E-state index in [0.717, 1.165) is 17.8 Å².